The second-order valence-corrected chi connectivity index (χ2v) is 4.36. The molecule has 0 saturated heterocycles. The fourth-order valence-electron chi connectivity index (χ4n) is 1.72. The number of hydrogen-bond donors (Lipinski definition) is 0. The van der Waals surface area contributed by atoms with Crippen LogP contribution in [0.4, 0.5) is 0 Å². The fraction of sp³-hybridized carbons (Fsp3) is 0. The van der Waals surface area contributed by atoms with Gasteiger partial charge in [0.2, 0.25) is 0 Å². The Labute approximate surface area is 131 Å². The SMILES string of the molecule is [c]1cccc2ccccc12.[c]1ccccc1.c1ccncc1. The Kier molecular flexibility index (Phi) is 6.95. The van der Waals surface area contributed by atoms with Gasteiger partial charge < -0.3 is 0 Å². The molecule has 0 aliphatic carbocycles. The van der Waals surface area contributed by atoms with Crippen LogP contribution in [0, 0.1) is 12.1 Å². The smallest absolute Gasteiger partial charge is 0.0267 e. The third kappa shape index (κ3) is 6.02. The average molecular weight is 283 g/mol. The third-order valence-electron chi connectivity index (χ3n) is 2.75. The van der Waals surface area contributed by atoms with Crippen LogP contribution in [0.5, 0.6) is 0 Å². The molecular weight excluding hydrogens is 266 g/mol. The molecule has 0 spiro atoms. The van der Waals surface area contributed by atoms with Crippen LogP contribution in [0.25, 0.3) is 10.8 Å². The van der Waals surface area contributed by atoms with E-state index < -0.39 is 0 Å². The van der Waals surface area contributed by atoms with Crippen molar-refractivity contribution in [2.45, 2.75) is 0 Å². The summed E-state index contributed by atoms with van der Waals surface area (Å²) in [5.74, 6) is 0. The number of rotatable bonds is 0. The summed E-state index contributed by atoms with van der Waals surface area (Å²) in [6.07, 6.45) is 3.50. The van der Waals surface area contributed by atoms with Crippen LogP contribution in [0.1, 0.15) is 0 Å². The van der Waals surface area contributed by atoms with E-state index in [2.05, 4.69) is 35.3 Å². The van der Waals surface area contributed by atoms with Gasteiger partial charge in [-0.15, -0.1) is 0 Å². The predicted octanol–water partition coefficient (Wildman–Crippen LogP) is 5.21. The fourth-order valence-corrected chi connectivity index (χ4v) is 1.72. The molecule has 0 unspecified atom stereocenters. The third-order valence-corrected chi connectivity index (χ3v) is 2.75. The van der Waals surface area contributed by atoms with Gasteiger partial charge in [0, 0.05) is 12.4 Å². The molecule has 1 heterocycles. The van der Waals surface area contributed by atoms with Crippen molar-refractivity contribution in [3.8, 4) is 0 Å². The van der Waals surface area contributed by atoms with Gasteiger partial charge in [0.15, 0.2) is 0 Å². The van der Waals surface area contributed by atoms with E-state index in [1.807, 2.05) is 72.8 Å². The maximum atomic E-state index is 3.78. The molecule has 2 radical (unpaired) electrons. The van der Waals surface area contributed by atoms with Crippen molar-refractivity contribution < 1.29 is 0 Å². The van der Waals surface area contributed by atoms with Crippen molar-refractivity contribution in [3.05, 3.63) is 116 Å². The van der Waals surface area contributed by atoms with E-state index in [0.29, 0.717) is 0 Å². The first-order chi connectivity index (χ1) is 11.0. The highest BCUT2D eigenvalue weighted by Crippen LogP contribution is 2.10. The molecule has 1 heteroatoms. The normalized spacial score (nSPS) is 8.91. The summed E-state index contributed by atoms with van der Waals surface area (Å²) in [6.45, 7) is 0. The summed E-state index contributed by atoms with van der Waals surface area (Å²) in [4.78, 5) is 3.78. The number of pyridine rings is 1. The van der Waals surface area contributed by atoms with Crippen molar-refractivity contribution in [1.82, 2.24) is 4.98 Å². The Hall–Kier alpha value is -2.93. The monoisotopic (exact) mass is 283 g/mol. The Balaban J connectivity index is 0.000000128. The minimum absolute atomic E-state index is 1.19. The van der Waals surface area contributed by atoms with Gasteiger partial charge in [-0.1, -0.05) is 78.9 Å². The Morgan fingerprint density at radius 3 is 1.77 bits per heavy atom. The molecular formula is C21H17N. The van der Waals surface area contributed by atoms with Gasteiger partial charge in [0.05, 0.1) is 0 Å². The van der Waals surface area contributed by atoms with Crippen LogP contribution in [-0.2, 0) is 0 Å². The number of fused-ring (bicyclic) bond motifs is 1. The molecule has 0 aliphatic heterocycles. The standard InChI is InChI=1S/C10H7.C6H5.C5H5N/c1-2-6-10-8-4-3-7-9(10)5-1;2*1-2-4-6-5-3-1/h1-7H;2*1-5H. The van der Waals surface area contributed by atoms with E-state index in [-0.39, 0.29) is 0 Å². The van der Waals surface area contributed by atoms with Crippen molar-refractivity contribution in [2.75, 3.05) is 0 Å². The first kappa shape index (κ1) is 15.5. The molecule has 0 bridgehead atoms. The van der Waals surface area contributed by atoms with Crippen molar-refractivity contribution in [3.63, 3.8) is 0 Å². The van der Waals surface area contributed by atoms with Crippen molar-refractivity contribution in [2.24, 2.45) is 0 Å². The minimum Gasteiger partial charge on any atom is -0.265 e. The van der Waals surface area contributed by atoms with Crippen LogP contribution in [-0.4, -0.2) is 4.98 Å². The van der Waals surface area contributed by atoms with Gasteiger partial charge in [-0.2, -0.15) is 0 Å². The van der Waals surface area contributed by atoms with Gasteiger partial charge in [-0.05, 0) is 35.0 Å². The maximum Gasteiger partial charge on any atom is 0.0267 e. The molecule has 4 rings (SSSR count). The second-order valence-electron chi connectivity index (χ2n) is 4.36. The average Bonchev–Trinajstić information content (AvgIpc) is 2.66. The lowest BCUT2D eigenvalue weighted by Crippen LogP contribution is -1.67. The zero-order chi connectivity index (χ0) is 15.3. The summed E-state index contributed by atoms with van der Waals surface area (Å²) in [5, 5.41) is 2.44. The predicted molar refractivity (Wildman–Crippen MR) is 92.3 cm³/mol. The quantitative estimate of drug-likeness (QED) is 0.432. The molecule has 4 aromatic rings. The molecule has 1 aromatic heterocycles. The van der Waals surface area contributed by atoms with Crippen LogP contribution in [0.2, 0.25) is 0 Å². The highest BCUT2D eigenvalue weighted by atomic mass is 14.6. The molecule has 3 aromatic carbocycles. The van der Waals surface area contributed by atoms with Crippen LogP contribution in [0.15, 0.2) is 103 Å². The Morgan fingerprint density at radius 2 is 1.27 bits per heavy atom. The summed E-state index contributed by atoms with van der Waals surface area (Å²) >= 11 is 0. The zero-order valence-electron chi connectivity index (χ0n) is 12.3. The van der Waals surface area contributed by atoms with Gasteiger partial charge in [0.1, 0.15) is 0 Å². The molecule has 0 aliphatic rings. The van der Waals surface area contributed by atoms with Gasteiger partial charge in [0.25, 0.3) is 0 Å². The lowest BCUT2D eigenvalue weighted by atomic mass is 10.1. The van der Waals surface area contributed by atoms with E-state index in [4.69, 9.17) is 0 Å². The van der Waals surface area contributed by atoms with E-state index in [0.717, 1.165) is 0 Å². The molecule has 106 valence electrons. The van der Waals surface area contributed by atoms with E-state index in [9.17, 15) is 0 Å². The number of nitrogens with zero attached hydrogens (tertiary/aromatic N) is 1. The van der Waals surface area contributed by atoms with Gasteiger partial charge >= 0.3 is 0 Å². The molecule has 22 heavy (non-hydrogen) atoms. The summed E-state index contributed by atoms with van der Waals surface area (Å²) in [6, 6.07) is 35.6. The van der Waals surface area contributed by atoms with Crippen LogP contribution < -0.4 is 0 Å². The topological polar surface area (TPSA) is 12.9 Å². The molecule has 0 N–H and O–H groups in total. The Bertz CT molecular complexity index is 586. The van der Waals surface area contributed by atoms with Crippen molar-refractivity contribution >= 4 is 10.8 Å². The number of hydrogen-bond acceptors (Lipinski definition) is 1. The van der Waals surface area contributed by atoms with Crippen molar-refractivity contribution in [1.29, 1.82) is 0 Å². The first-order valence-electron chi connectivity index (χ1n) is 7.08. The first-order valence-corrected chi connectivity index (χ1v) is 7.08. The lowest BCUT2D eigenvalue weighted by Gasteiger charge is -1.91. The zero-order valence-corrected chi connectivity index (χ0v) is 12.3. The number of benzene rings is 3. The Morgan fingerprint density at radius 1 is 0.591 bits per heavy atom. The van der Waals surface area contributed by atoms with E-state index in [1.54, 1.807) is 12.4 Å². The van der Waals surface area contributed by atoms with E-state index in [1.165, 1.54) is 10.8 Å². The molecule has 0 amide bonds. The molecule has 0 atom stereocenters. The maximum absolute atomic E-state index is 3.78. The van der Waals surface area contributed by atoms with Crippen LogP contribution in [0.3, 0.4) is 0 Å². The summed E-state index contributed by atoms with van der Waals surface area (Å²) in [7, 11) is 0. The second kappa shape index (κ2) is 9.89. The molecule has 0 saturated carbocycles. The van der Waals surface area contributed by atoms with Crippen LogP contribution >= 0.6 is 0 Å². The number of aromatic nitrogens is 1. The minimum atomic E-state index is 1.19. The molecule has 0 fully saturated rings. The van der Waals surface area contributed by atoms with E-state index >= 15 is 0 Å². The highest BCUT2D eigenvalue weighted by molar-refractivity contribution is 5.81. The summed E-state index contributed by atoms with van der Waals surface area (Å²) in [5.41, 5.74) is 0. The van der Waals surface area contributed by atoms with Gasteiger partial charge in [-0.25, -0.2) is 0 Å². The lowest BCUT2D eigenvalue weighted by molar-refractivity contribution is 1.33. The summed E-state index contributed by atoms with van der Waals surface area (Å²) < 4.78 is 0. The largest absolute Gasteiger partial charge is 0.265 e. The highest BCUT2D eigenvalue weighted by Gasteiger charge is 1.85. The van der Waals surface area contributed by atoms with Gasteiger partial charge in [-0.3, -0.25) is 4.98 Å². The molecule has 1 nitrogen and oxygen atoms in total.